The van der Waals surface area contributed by atoms with Crippen molar-refractivity contribution in [1.29, 1.82) is 0 Å². The van der Waals surface area contributed by atoms with Crippen LogP contribution in [0.1, 0.15) is 31.2 Å². The van der Waals surface area contributed by atoms with Crippen LogP contribution in [0.15, 0.2) is 36.4 Å². The molecule has 4 nitrogen and oxygen atoms in total. The van der Waals surface area contributed by atoms with E-state index in [1.54, 1.807) is 6.08 Å². The number of benzene rings is 1. The van der Waals surface area contributed by atoms with Crippen molar-refractivity contribution in [3.05, 3.63) is 42.0 Å². The first-order valence-electron chi connectivity index (χ1n) is 6.92. The second kappa shape index (κ2) is 6.89. The molecule has 1 aliphatic rings. The second-order valence-corrected chi connectivity index (χ2v) is 5.04. The maximum absolute atomic E-state index is 12.2. The molecule has 2 rings (SSSR count). The van der Waals surface area contributed by atoms with E-state index < -0.39 is 5.97 Å². The van der Waals surface area contributed by atoms with Gasteiger partial charge in [0.15, 0.2) is 0 Å². The van der Waals surface area contributed by atoms with E-state index in [1.165, 1.54) is 11.0 Å². The van der Waals surface area contributed by atoms with Gasteiger partial charge in [0.1, 0.15) is 6.54 Å². The molecule has 0 aromatic heterocycles. The van der Waals surface area contributed by atoms with E-state index in [9.17, 15) is 9.59 Å². The van der Waals surface area contributed by atoms with Gasteiger partial charge in [-0.25, -0.2) is 0 Å². The smallest absolute Gasteiger partial charge is 0.323 e. The molecular weight excluding hydrogens is 254 g/mol. The van der Waals surface area contributed by atoms with Gasteiger partial charge in [0.25, 0.3) is 0 Å². The fourth-order valence-electron chi connectivity index (χ4n) is 2.58. The Morgan fingerprint density at radius 2 is 1.85 bits per heavy atom. The summed E-state index contributed by atoms with van der Waals surface area (Å²) in [6.07, 6.45) is 7.13. The van der Waals surface area contributed by atoms with Crippen LogP contribution in [0.25, 0.3) is 6.08 Å². The normalized spacial score (nSPS) is 15.6. The quantitative estimate of drug-likeness (QED) is 0.839. The third-order valence-corrected chi connectivity index (χ3v) is 3.57. The summed E-state index contributed by atoms with van der Waals surface area (Å²) in [5, 5.41) is 8.96. The highest BCUT2D eigenvalue weighted by Gasteiger charge is 2.26. The SMILES string of the molecule is O=C(O)CN(C(=O)/C=C/c1ccccc1)C1CCCC1. The number of carbonyl (C=O) groups is 2. The number of hydrogen-bond donors (Lipinski definition) is 1. The Labute approximate surface area is 118 Å². The maximum Gasteiger partial charge on any atom is 0.323 e. The monoisotopic (exact) mass is 273 g/mol. The van der Waals surface area contributed by atoms with Gasteiger partial charge in [0, 0.05) is 12.1 Å². The molecule has 0 saturated heterocycles. The Morgan fingerprint density at radius 1 is 1.20 bits per heavy atom. The van der Waals surface area contributed by atoms with Crippen LogP contribution >= 0.6 is 0 Å². The van der Waals surface area contributed by atoms with Crippen LogP contribution in [0, 0.1) is 0 Å². The highest BCUT2D eigenvalue weighted by molar-refractivity contribution is 5.93. The lowest BCUT2D eigenvalue weighted by molar-refractivity contribution is -0.144. The summed E-state index contributed by atoms with van der Waals surface area (Å²) in [5.41, 5.74) is 0.933. The number of aliphatic carboxylic acids is 1. The predicted molar refractivity (Wildman–Crippen MR) is 77.1 cm³/mol. The van der Waals surface area contributed by atoms with Crippen molar-refractivity contribution in [2.75, 3.05) is 6.54 Å². The first kappa shape index (κ1) is 14.3. The molecule has 4 heteroatoms. The maximum atomic E-state index is 12.2. The number of carboxylic acid groups (broad SMARTS) is 1. The fraction of sp³-hybridized carbons (Fsp3) is 0.375. The standard InChI is InChI=1S/C16H19NO3/c18-15(11-10-13-6-2-1-3-7-13)17(12-16(19)20)14-8-4-5-9-14/h1-3,6-7,10-11,14H,4-5,8-9,12H2,(H,19,20)/b11-10+. The molecular formula is C16H19NO3. The van der Waals surface area contributed by atoms with Crippen LogP contribution in [0.3, 0.4) is 0 Å². The first-order valence-corrected chi connectivity index (χ1v) is 6.92. The van der Waals surface area contributed by atoms with Crippen LogP contribution in [-0.4, -0.2) is 34.5 Å². The second-order valence-electron chi connectivity index (χ2n) is 5.04. The van der Waals surface area contributed by atoms with E-state index in [2.05, 4.69) is 0 Å². The van der Waals surface area contributed by atoms with Gasteiger partial charge in [-0.2, -0.15) is 0 Å². The van der Waals surface area contributed by atoms with E-state index in [1.807, 2.05) is 30.3 Å². The molecule has 1 amide bonds. The van der Waals surface area contributed by atoms with Crippen molar-refractivity contribution < 1.29 is 14.7 Å². The largest absolute Gasteiger partial charge is 0.480 e. The van der Waals surface area contributed by atoms with Crippen LogP contribution in [0.5, 0.6) is 0 Å². The Kier molecular flexibility index (Phi) is 4.93. The van der Waals surface area contributed by atoms with Crippen molar-refractivity contribution in [3.8, 4) is 0 Å². The average Bonchev–Trinajstić information content (AvgIpc) is 2.97. The van der Waals surface area contributed by atoms with Gasteiger partial charge in [0.05, 0.1) is 0 Å². The Balaban J connectivity index is 2.05. The van der Waals surface area contributed by atoms with E-state index in [0.29, 0.717) is 0 Å². The lowest BCUT2D eigenvalue weighted by atomic mass is 10.2. The van der Waals surface area contributed by atoms with Gasteiger partial charge in [-0.1, -0.05) is 43.2 Å². The van der Waals surface area contributed by atoms with E-state index >= 15 is 0 Å². The van der Waals surface area contributed by atoms with Gasteiger partial charge in [-0.3, -0.25) is 9.59 Å². The van der Waals surface area contributed by atoms with Crippen molar-refractivity contribution in [3.63, 3.8) is 0 Å². The zero-order valence-electron chi connectivity index (χ0n) is 11.4. The summed E-state index contributed by atoms with van der Waals surface area (Å²) in [6, 6.07) is 9.58. The van der Waals surface area contributed by atoms with Crippen LogP contribution < -0.4 is 0 Å². The Morgan fingerprint density at radius 3 is 2.45 bits per heavy atom. The Hall–Kier alpha value is -2.10. The van der Waals surface area contributed by atoms with Gasteiger partial charge >= 0.3 is 5.97 Å². The van der Waals surface area contributed by atoms with Crippen LogP contribution in [0.2, 0.25) is 0 Å². The van der Waals surface area contributed by atoms with Gasteiger partial charge in [0.2, 0.25) is 5.91 Å². The van der Waals surface area contributed by atoms with Gasteiger partial charge in [-0.15, -0.1) is 0 Å². The molecule has 20 heavy (non-hydrogen) atoms. The summed E-state index contributed by atoms with van der Waals surface area (Å²) in [7, 11) is 0. The van der Waals surface area contributed by atoms with E-state index in [-0.39, 0.29) is 18.5 Å². The highest BCUT2D eigenvalue weighted by atomic mass is 16.4. The van der Waals surface area contributed by atoms with Gasteiger partial charge < -0.3 is 10.0 Å². The van der Waals surface area contributed by atoms with Gasteiger partial charge in [-0.05, 0) is 24.5 Å². The van der Waals surface area contributed by atoms with Crippen molar-refractivity contribution in [1.82, 2.24) is 4.90 Å². The molecule has 106 valence electrons. The summed E-state index contributed by atoms with van der Waals surface area (Å²) in [5.74, 6) is -1.18. The molecule has 0 atom stereocenters. The Bertz CT molecular complexity index is 490. The lowest BCUT2D eigenvalue weighted by Crippen LogP contribution is -2.41. The summed E-state index contributed by atoms with van der Waals surface area (Å²) < 4.78 is 0. The summed E-state index contributed by atoms with van der Waals surface area (Å²) >= 11 is 0. The third-order valence-electron chi connectivity index (χ3n) is 3.57. The molecule has 1 aromatic rings. The van der Waals surface area contributed by atoms with Crippen molar-refractivity contribution >= 4 is 18.0 Å². The molecule has 0 unspecified atom stereocenters. The average molecular weight is 273 g/mol. The summed E-state index contributed by atoms with van der Waals surface area (Å²) in [4.78, 5) is 24.6. The predicted octanol–water partition coefficient (Wildman–Crippen LogP) is 2.56. The minimum Gasteiger partial charge on any atom is -0.480 e. The molecule has 1 aromatic carbocycles. The number of amides is 1. The molecule has 0 aliphatic heterocycles. The molecule has 0 radical (unpaired) electrons. The highest BCUT2D eigenvalue weighted by Crippen LogP contribution is 2.23. The van der Waals surface area contributed by atoms with Crippen molar-refractivity contribution in [2.45, 2.75) is 31.7 Å². The molecule has 0 bridgehead atoms. The molecule has 1 fully saturated rings. The minimum absolute atomic E-state index is 0.0685. The zero-order chi connectivity index (χ0) is 14.4. The molecule has 0 heterocycles. The lowest BCUT2D eigenvalue weighted by Gasteiger charge is -2.26. The number of carbonyl (C=O) groups excluding carboxylic acids is 1. The van der Waals surface area contributed by atoms with Crippen molar-refractivity contribution in [2.24, 2.45) is 0 Å². The topological polar surface area (TPSA) is 57.6 Å². The van der Waals surface area contributed by atoms with E-state index in [4.69, 9.17) is 5.11 Å². The van der Waals surface area contributed by atoms with Crippen LogP contribution in [0.4, 0.5) is 0 Å². The number of nitrogens with zero attached hydrogens (tertiary/aromatic N) is 1. The molecule has 1 saturated carbocycles. The van der Waals surface area contributed by atoms with E-state index in [0.717, 1.165) is 31.2 Å². The summed E-state index contributed by atoms with van der Waals surface area (Å²) in [6.45, 7) is -0.220. The fourth-order valence-corrected chi connectivity index (χ4v) is 2.58. The number of hydrogen-bond acceptors (Lipinski definition) is 2. The molecule has 0 spiro atoms. The minimum atomic E-state index is -0.960. The number of rotatable bonds is 5. The number of carboxylic acids is 1. The third kappa shape index (κ3) is 3.95. The zero-order valence-corrected chi connectivity index (χ0v) is 11.4. The first-order chi connectivity index (χ1) is 9.66. The molecule has 1 N–H and O–H groups in total. The van der Waals surface area contributed by atoms with Crippen LogP contribution in [-0.2, 0) is 9.59 Å². The molecule has 1 aliphatic carbocycles.